The largest absolute Gasteiger partial charge is 0.362 e. The lowest BCUT2D eigenvalue weighted by atomic mass is 10.1. The Morgan fingerprint density at radius 1 is 1.33 bits per heavy atom. The van der Waals surface area contributed by atoms with Crippen LogP contribution in [0.1, 0.15) is 18.5 Å². The number of hydrogen-bond donors (Lipinski definition) is 2. The zero-order valence-electron chi connectivity index (χ0n) is 10.2. The molecule has 2 N–H and O–H groups in total. The molecule has 2 heterocycles. The van der Waals surface area contributed by atoms with Crippen LogP contribution in [0.4, 0.5) is 11.8 Å². The Balaban J connectivity index is 2.18. The van der Waals surface area contributed by atoms with Crippen LogP contribution >= 0.6 is 11.6 Å². The van der Waals surface area contributed by atoms with E-state index < -0.39 is 0 Å². The summed E-state index contributed by atoms with van der Waals surface area (Å²) in [6, 6.07) is 3.96. The molecule has 6 heteroatoms. The Bertz CT molecular complexity index is 517. The van der Waals surface area contributed by atoms with E-state index in [4.69, 9.17) is 11.6 Å². The second kappa shape index (κ2) is 5.64. The van der Waals surface area contributed by atoms with Gasteiger partial charge in [-0.1, -0.05) is 17.7 Å². The molecule has 2 rings (SSSR count). The Kier molecular flexibility index (Phi) is 3.94. The van der Waals surface area contributed by atoms with E-state index in [1.165, 1.54) is 0 Å². The molecule has 0 aliphatic heterocycles. The van der Waals surface area contributed by atoms with Gasteiger partial charge in [0.05, 0.1) is 12.2 Å². The Morgan fingerprint density at radius 3 is 2.83 bits per heavy atom. The van der Waals surface area contributed by atoms with E-state index in [0.717, 1.165) is 5.56 Å². The van der Waals surface area contributed by atoms with Crippen molar-refractivity contribution in [3.63, 3.8) is 0 Å². The molecule has 0 spiro atoms. The summed E-state index contributed by atoms with van der Waals surface area (Å²) in [6.07, 6.45) is 5.12. The van der Waals surface area contributed by atoms with E-state index in [1.54, 1.807) is 19.4 Å². The summed E-state index contributed by atoms with van der Waals surface area (Å²) in [4.78, 5) is 12.4. The van der Waals surface area contributed by atoms with Gasteiger partial charge in [-0.05, 0) is 18.6 Å². The van der Waals surface area contributed by atoms with Gasteiger partial charge in [0.1, 0.15) is 5.02 Å². The summed E-state index contributed by atoms with van der Waals surface area (Å²) < 4.78 is 0. The molecule has 1 atom stereocenters. The van der Waals surface area contributed by atoms with Crippen LogP contribution in [0.25, 0.3) is 0 Å². The highest BCUT2D eigenvalue weighted by Crippen LogP contribution is 2.24. The fourth-order valence-electron chi connectivity index (χ4n) is 1.51. The molecule has 0 saturated heterocycles. The van der Waals surface area contributed by atoms with Gasteiger partial charge in [-0.2, -0.15) is 4.98 Å². The van der Waals surface area contributed by atoms with E-state index in [-0.39, 0.29) is 6.04 Å². The highest BCUT2D eigenvalue weighted by Gasteiger charge is 2.10. The maximum atomic E-state index is 6.05. The van der Waals surface area contributed by atoms with Crippen molar-refractivity contribution in [2.24, 2.45) is 0 Å². The third-order valence-electron chi connectivity index (χ3n) is 2.51. The molecule has 5 nitrogen and oxygen atoms in total. The lowest BCUT2D eigenvalue weighted by molar-refractivity contribution is 0.864. The van der Waals surface area contributed by atoms with Crippen LogP contribution in [-0.4, -0.2) is 22.0 Å². The van der Waals surface area contributed by atoms with Crippen molar-refractivity contribution in [2.75, 3.05) is 17.7 Å². The number of nitrogens with zero attached hydrogens (tertiary/aromatic N) is 3. The highest BCUT2D eigenvalue weighted by molar-refractivity contribution is 6.32. The lowest BCUT2D eigenvalue weighted by Gasteiger charge is -2.15. The maximum Gasteiger partial charge on any atom is 0.224 e. The first-order valence-electron chi connectivity index (χ1n) is 5.57. The molecular weight excluding hydrogens is 250 g/mol. The molecule has 0 aliphatic rings. The summed E-state index contributed by atoms with van der Waals surface area (Å²) in [5, 5.41) is 6.60. The van der Waals surface area contributed by atoms with Crippen molar-refractivity contribution in [1.29, 1.82) is 0 Å². The summed E-state index contributed by atoms with van der Waals surface area (Å²) in [7, 11) is 1.76. The number of halogens is 1. The van der Waals surface area contributed by atoms with Crippen LogP contribution in [-0.2, 0) is 0 Å². The molecule has 0 fully saturated rings. The van der Waals surface area contributed by atoms with Crippen molar-refractivity contribution in [3.8, 4) is 0 Å². The van der Waals surface area contributed by atoms with Crippen LogP contribution < -0.4 is 10.6 Å². The van der Waals surface area contributed by atoms with Crippen LogP contribution in [0, 0.1) is 0 Å². The van der Waals surface area contributed by atoms with Gasteiger partial charge >= 0.3 is 0 Å². The minimum Gasteiger partial charge on any atom is -0.362 e. The first kappa shape index (κ1) is 12.6. The zero-order chi connectivity index (χ0) is 13.0. The van der Waals surface area contributed by atoms with E-state index in [9.17, 15) is 0 Å². The van der Waals surface area contributed by atoms with Gasteiger partial charge < -0.3 is 10.6 Å². The van der Waals surface area contributed by atoms with Crippen LogP contribution in [0.2, 0.25) is 5.02 Å². The van der Waals surface area contributed by atoms with Crippen molar-refractivity contribution in [3.05, 3.63) is 41.3 Å². The summed E-state index contributed by atoms with van der Waals surface area (Å²) in [5.41, 5.74) is 1.07. The van der Waals surface area contributed by atoms with Crippen molar-refractivity contribution in [1.82, 2.24) is 15.0 Å². The maximum absolute atomic E-state index is 6.05. The predicted octanol–water partition coefficient (Wildman–Crippen LogP) is 2.74. The van der Waals surface area contributed by atoms with Gasteiger partial charge in [0, 0.05) is 19.4 Å². The van der Waals surface area contributed by atoms with E-state index in [1.807, 2.05) is 25.3 Å². The fraction of sp³-hybridized carbons (Fsp3) is 0.250. The van der Waals surface area contributed by atoms with Crippen LogP contribution in [0.3, 0.4) is 0 Å². The minimum atomic E-state index is 0.0656. The van der Waals surface area contributed by atoms with Gasteiger partial charge in [0.25, 0.3) is 0 Å². The first-order valence-corrected chi connectivity index (χ1v) is 5.95. The number of anilines is 2. The molecule has 18 heavy (non-hydrogen) atoms. The molecule has 1 unspecified atom stereocenters. The normalized spacial score (nSPS) is 11.9. The smallest absolute Gasteiger partial charge is 0.224 e. The number of hydrogen-bond acceptors (Lipinski definition) is 5. The van der Waals surface area contributed by atoms with Crippen LogP contribution in [0.5, 0.6) is 0 Å². The molecule has 0 bridgehead atoms. The number of nitrogens with one attached hydrogen (secondary N) is 2. The van der Waals surface area contributed by atoms with Gasteiger partial charge in [0.15, 0.2) is 5.82 Å². The first-order chi connectivity index (χ1) is 8.70. The highest BCUT2D eigenvalue weighted by atomic mass is 35.5. The van der Waals surface area contributed by atoms with Crippen molar-refractivity contribution < 1.29 is 0 Å². The standard InChI is InChI=1S/C12H14ClN5/c1-8(9-4-3-5-15-6-9)17-11-10(13)7-16-12(14-2)18-11/h3-8H,1-2H3,(H2,14,16,17,18). The summed E-state index contributed by atoms with van der Waals surface area (Å²) in [6.45, 7) is 2.02. The molecule has 2 aromatic heterocycles. The molecule has 0 amide bonds. The number of aromatic nitrogens is 3. The molecule has 0 aromatic carbocycles. The van der Waals surface area contributed by atoms with Gasteiger partial charge in [-0.15, -0.1) is 0 Å². The fourth-order valence-corrected chi connectivity index (χ4v) is 1.65. The average molecular weight is 264 g/mol. The Hall–Kier alpha value is -1.88. The monoisotopic (exact) mass is 263 g/mol. The summed E-state index contributed by atoms with van der Waals surface area (Å²) in [5.74, 6) is 1.13. The van der Waals surface area contributed by atoms with Crippen LogP contribution in [0.15, 0.2) is 30.7 Å². The lowest BCUT2D eigenvalue weighted by Crippen LogP contribution is -2.10. The second-order valence-corrected chi connectivity index (χ2v) is 4.20. The molecule has 2 aromatic rings. The average Bonchev–Trinajstić information content (AvgIpc) is 2.42. The second-order valence-electron chi connectivity index (χ2n) is 3.79. The predicted molar refractivity (Wildman–Crippen MR) is 72.9 cm³/mol. The van der Waals surface area contributed by atoms with Crippen molar-refractivity contribution >= 4 is 23.4 Å². The van der Waals surface area contributed by atoms with Crippen molar-refractivity contribution in [2.45, 2.75) is 13.0 Å². The number of pyridine rings is 1. The van der Waals surface area contributed by atoms with E-state index in [2.05, 4.69) is 25.6 Å². The molecule has 0 saturated carbocycles. The van der Waals surface area contributed by atoms with E-state index >= 15 is 0 Å². The minimum absolute atomic E-state index is 0.0656. The van der Waals surface area contributed by atoms with E-state index in [0.29, 0.717) is 16.8 Å². The van der Waals surface area contributed by atoms with Gasteiger partial charge in [0.2, 0.25) is 5.95 Å². The quantitative estimate of drug-likeness (QED) is 0.888. The van der Waals surface area contributed by atoms with Gasteiger partial charge in [-0.25, -0.2) is 4.98 Å². The molecule has 0 aliphatic carbocycles. The zero-order valence-corrected chi connectivity index (χ0v) is 10.9. The third kappa shape index (κ3) is 2.87. The number of rotatable bonds is 4. The summed E-state index contributed by atoms with van der Waals surface area (Å²) >= 11 is 6.05. The third-order valence-corrected chi connectivity index (χ3v) is 2.78. The molecular formula is C12H14ClN5. The van der Waals surface area contributed by atoms with Gasteiger partial charge in [-0.3, -0.25) is 4.98 Å². The molecule has 0 radical (unpaired) electrons. The molecule has 94 valence electrons. The SMILES string of the molecule is CNc1ncc(Cl)c(NC(C)c2cccnc2)n1. The Labute approximate surface area is 111 Å². The topological polar surface area (TPSA) is 62.7 Å². The Morgan fingerprint density at radius 2 is 2.17 bits per heavy atom.